The van der Waals surface area contributed by atoms with Crippen LogP contribution in [0.4, 0.5) is 0 Å². The van der Waals surface area contributed by atoms with Gasteiger partial charge in [0.1, 0.15) is 11.3 Å². The Hall–Kier alpha value is 0.0600. The Balaban J connectivity index is 2.38. The summed E-state index contributed by atoms with van der Waals surface area (Å²) >= 11 is 8.61. The van der Waals surface area contributed by atoms with Crippen LogP contribution in [0.1, 0.15) is 70.0 Å². The lowest BCUT2D eigenvalue weighted by molar-refractivity contribution is 0.0230. The predicted octanol–water partition coefficient (Wildman–Crippen LogP) is 5.13. The Morgan fingerprint density at radius 2 is 1.95 bits per heavy atom. The lowest BCUT2D eigenvalue weighted by Gasteiger charge is -2.21. The summed E-state index contributed by atoms with van der Waals surface area (Å²) in [6.45, 7) is 6.92. The number of halogens is 2. The third kappa shape index (κ3) is 3.63. The van der Waals surface area contributed by atoms with Gasteiger partial charge >= 0.3 is 0 Å². The first kappa shape index (κ1) is 16.4. The largest absolute Gasteiger partial charge is 0.370 e. The van der Waals surface area contributed by atoms with Crippen molar-refractivity contribution in [2.24, 2.45) is 5.92 Å². The van der Waals surface area contributed by atoms with Gasteiger partial charge < -0.3 is 4.74 Å². The van der Waals surface area contributed by atoms with E-state index in [1.54, 1.807) is 0 Å². The highest BCUT2D eigenvalue weighted by molar-refractivity contribution is 14.1. The summed E-state index contributed by atoms with van der Waals surface area (Å²) in [5.41, 5.74) is 1.13. The third-order valence-electron chi connectivity index (χ3n) is 3.80. The lowest BCUT2D eigenvalue weighted by atomic mass is 10.0. The normalized spacial score (nSPS) is 17.9. The molecule has 1 aliphatic carbocycles. The van der Waals surface area contributed by atoms with Gasteiger partial charge in [-0.2, -0.15) is 0 Å². The fourth-order valence-electron chi connectivity index (χ4n) is 2.79. The highest BCUT2D eigenvalue weighted by Gasteiger charge is 2.26. The fourth-order valence-corrected chi connectivity index (χ4v) is 3.66. The number of ether oxygens (including phenoxy) is 1. The molecule has 0 bridgehead atoms. The quantitative estimate of drug-likeness (QED) is 0.501. The van der Waals surface area contributed by atoms with Crippen LogP contribution in [0.25, 0.3) is 0 Å². The van der Waals surface area contributed by atoms with Gasteiger partial charge in [0, 0.05) is 12.5 Å². The summed E-state index contributed by atoms with van der Waals surface area (Å²) in [5.74, 6) is 1.62. The number of hydrogen-bond donors (Lipinski definition) is 0. The zero-order valence-corrected chi connectivity index (χ0v) is 15.2. The monoisotopic (exact) mass is 408 g/mol. The summed E-state index contributed by atoms with van der Waals surface area (Å²) in [6, 6.07) is 0. The van der Waals surface area contributed by atoms with Crippen LogP contribution in [-0.4, -0.2) is 16.6 Å². The van der Waals surface area contributed by atoms with E-state index in [0.29, 0.717) is 23.6 Å². The van der Waals surface area contributed by atoms with Gasteiger partial charge in [0.25, 0.3) is 0 Å². The Morgan fingerprint density at radius 1 is 1.30 bits per heavy atom. The van der Waals surface area contributed by atoms with Crippen molar-refractivity contribution < 1.29 is 4.74 Å². The van der Waals surface area contributed by atoms with Gasteiger partial charge in [0.05, 0.1) is 9.26 Å². The summed E-state index contributed by atoms with van der Waals surface area (Å²) in [6.07, 6.45) is 4.93. The molecular weight excluding hydrogens is 387 g/mol. The predicted molar refractivity (Wildman–Crippen MR) is 90.2 cm³/mol. The minimum atomic E-state index is -0.0744. The van der Waals surface area contributed by atoms with Crippen LogP contribution < -0.4 is 0 Å². The van der Waals surface area contributed by atoms with Crippen molar-refractivity contribution in [3.63, 3.8) is 0 Å². The number of aromatic nitrogens is 2. The molecule has 0 N–H and O–H groups in total. The maximum absolute atomic E-state index is 6.33. The number of hydrogen-bond acceptors (Lipinski definition) is 3. The van der Waals surface area contributed by atoms with Crippen LogP contribution in [0.2, 0.25) is 5.15 Å². The second-order valence-electron chi connectivity index (χ2n) is 5.67. The fraction of sp³-hybridized carbons (Fsp3) is 0.733. The van der Waals surface area contributed by atoms with Gasteiger partial charge in [-0.3, -0.25) is 0 Å². The number of nitrogens with zero attached hydrogens (tertiary/aromatic N) is 2. The van der Waals surface area contributed by atoms with Gasteiger partial charge in [0.2, 0.25) is 0 Å². The van der Waals surface area contributed by atoms with E-state index in [-0.39, 0.29) is 6.10 Å². The van der Waals surface area contributed by atoms with Crippen molar-refractivity contribution in [2.75, 3.05) is 6.61 Å². The zero-order chi connectivity index (χ0) is 14.7. The molecule has 5 heteroatoms. The molecule has 1 heterocycles. The molecule has 0 aliphatic heterocycles. The number of rotatable bonds is 5. The van der Waals surface area contributed by atoms with Gasteiger partial charge in [0.15, 0.2) is 5.82 Å². The van der Waals surface area contributed by atoms with Crippen LogP contribution in [0.3, 0.4) is 0 Å². The van der Waals surface area contributed by atoms with Crippen molar-refractivity contribution >= 4 is 34.2 Å². The van der Waals surface area contributed by atoms with Crippen LogP contribution in [0, 0.1) is 9.49 Å². The Bertz CT molecular complexity index is 461. The molecule has 2 rings (SSSR count). The smallest absolute Gasteiger partial charge is 0.159 e. The molecule has 0 radical (unpaired) electrons. The van der Waals surface area contributed by atoms with Crippen molar-refractivity contribution in [3.8, 4) is 0 Å². The molecule has 0 saturated heterocycles. The molecule has 1 aromatic rings. The molecule has 0 spiro atoms. The van der Waals surface area contributed by atoms with E-state index in [1.165, 1.54) is 25.7 Å². The maximum Gasteiger partial charge on any atom is 0.159 e. The first-order valence-electron chi connectivity index (χ1n) is 7.39. The van der Waals surface area contributed by atoms with E-state index in [4.69, 9.17) is 21.3 Å². The SMILES string of the molecule is CCOC(c1nc(Cl)c(I)c(C2CCCC2)n1)C(C)C. The molecule has 1 saturated carbocycles. The Labute approximate surface area is 140 Å². The van der Waals surface area contributed by atoms with Crippen molar-refractivity contribution in [1.29, 1.82) is 0 Å². The molecule has 1 unspecified atom stereocenters. The molecule has 1 aliphatic rings. The molecule has 1 aromatic heterocycles. The average Bonchev–Trinajstić information content (AvgIpc) is 2.92. The highest BCUT2D eigenvalue weighted by atomic mass is 127. The first-order chi connectivity index (χ1) is 9.54. The highest BCUT2D eigenvalue weighted by Crippen LogP contribution is 2.38. The zero-order valence-electron chi connectivity index (χ0n) is 12.3. The molecule has 1 fully saturated rings. The van der Waals surface area contributed by atoms with E-state index in [0.717, 1.165) is 15.1 Å². The van der Waals surface area contributed by atoms with Crippen molar-refractivity contribution in [1.82, 2.24) is 9.97 Å². The van der Waals surface area contributed by atoms with Gasteiger partial charge in [-0.05, 0) is 48.3 Å². The topological polar surface area (TPSA) is 35.0 Å². The van der Waals surface area contributed by atoms with Crippen LogP contribution >= 0.6 is 34.2 Å². The van der Waals surface area contributed by atoms with Gasteiger partial charge in [-0.1, -0.05) is 38.3 Å². The lowest BCUT2D eigenvalue weighted by Crippen LogP contribution is -2.17. The van der Waals surface area contributed by atoms with Crippen LogP contribution in [-0.2, 0) is 4.74 Å². The van der Waals surface area contributed by atoms with E-state index >= 15 is 0 Å². The maximum atomic E-state index is 6.33. The summed E-state index contributed by atoms with van der Waals surface area (Å²) in [7, 11) is 0. The first-order valence-corrected chi connectivity index (χ1v) is 8.84. The van der Waals surface area contributed by atoms with Crippen LogP contribution in [0.15, 0.2) is 0 Å². The standard InChI is InChI=1S/C15H22ClIN2O/c1-4-20-13(9(2)3)15-18-12(10-7-5-6-8-10)11(17)14(16)19-15/h9-10,13H,4-8H2,1-3H3. The molecule has 0 aromatic carbocycles. The summed E-state index contributed by atoms with van der Waals surface area (Å²) < 4.78 is 6.83. The summed E-state index contributed by atoms with van der Waals surface area (Å²) in [4.78, 5) is 9.29. The van der Waals surface area contributed by atoms with Crippen molar-refractivity contribution in [3.05, 3.63) is 20.2 Å². The minimum absolute atomic E-state index is 0.0744. The molecule has 112 valence electrons. The van der Waals surface area contributed by atoms with Crippen LogP contribution in [0.5, 0.6) is 0 Å². The summed E-state index contributed by atoms with van der Waals surface area (Å²) in [5, 5.41) is 0.572. The Kier molecular flexibility index (Phi) is 6.05. The third-order valence-corrected chi connectivity index (χ3v) is 5.46. The molecule has 1 atom stereocenters. The van der Waals surface area contributed by atoms with E-state index in [1.807, 2.05) is 6.92 Å². The van der Waals surface area contributed by atoms with E-state index < -0.39 is 0 Å². The molecule has 3 nitrogen and oxygen atoms in total. The molecular formula is C15H22ClIN2O. The van der Waals surface area contributed by atoms with E-state index in [2.05, 4.69) is 41.4 Å². The Morgan fingerprint density at radius 3 is 2.50 bits per heavy atom. The molecule has 0 amide bonds. The van der Waals surface area contributed by atoms with Crippen molar-refractivity contribution in [2.45, 2.75) is 58.5 Å². The van der Waals surface area contributed by atoms with E-state index in [9.17, 15) is 0 Å². The second-order valence-corrected chi connectivity index (χ2v) is 7.11. The van der Waals surface area contributed by atoms with Gasteiger partial charge in [-0.15, -0.1) is 0 Å². The minimum Gasteiger partial charge on any atom is -0.370 e. The second kappa shape index (κ2) is 7.36. The van der Waals surface area contributed by atoms with Gasteiger partial charge in [-0.25, -0.2) is 9.97 Å². The molecule has 20 heavy (non-hydrogen) atoms. The average molecular weight is 409 g/mol.